The van der Waals surface area contributed by atoms with Gasteiger partial charge in [-0.3, -0.25) is 4.79 Å². The van der Waals surface area contributed by atoms with Gasteiger partial charge in [0, 0.05) is 12.8 Å². The Morgan fingerprint density at radius 3 is 2.72 bits per heavy atom. The molecule has 1 saturated heterocycles. The summed E-state index contributed by atoms with van der Waals surface area (Å²) in [5.74, 6) is 0. The molecule has 1 fully saturated rings. The van der Waals surface area contributed by atoms with E-state index < -0.39 is 0 Å². The van der Waals surface area contributed by atoms with Crippen LogP contribution in [0.2, 0.25) is 0 Å². The molecule has 132 valence electrons. The molecule has 0 radical (unpaired) electrons. The number of aromatic nitrogens is 1. The minimum atomic E-state index is -0.382. The lowest BCUT2D eigenvalue weighted by Gasteiger charge is -2.16. The van der Waals surface area contributed by atoms with E-state index in [-0.39, 0.29) is 29.4 Å². The van der Waals surface area contributed by atoms with Crippen molar-refractivity contribution in [2.24, 2.45) is 0 Å². The molecule has 1 aromatic carbocycles. The van der Waals surface area contributed by atoms with Crippen LogP contribution in [-0.4, -0.2) is 29.4 Å². The molecule has 2 N–H and O–H groups in total. The Balaban J connectivity index is 1.69. The topological polar surface area (TPSA) is 72.4 Å². The lowest BCUT2D eigenvalue weighted by molar-refractivity contribution is 0.114. The van der Waals surface area contributed by atoms with Crippen molar-refractivity contribution in [3.05, 3.63) is 64.1 Å². The number of hydrogen-bond acceptors (Lipinski definition) is 3. The highest BCUT2D eigenvalue weighted by Gasteiger charge is 2.25. The molecule has 25 heavy (non-hydrogen) atoms. The Kier molecular flexibility index (Phi) is 5.19. The van der Waals surface area contributed by atoms with Crippen LogP contribution in [0.1, 0.15) is 24.5 Å². The SMILES string of the molecule is Cc1ccc(Cn2cccc(NC(=O)NC3CCOC3C)c2=O)cc1. The van der Waals surface area contributed by atoms with Crippen molar-refractivity contribution in [1.29, 1.82) is 0 Å². The quantitative estimate of drug-likeness (QED) is 0.897. The number of urea groups is 1. The Bertz CT molecular complexity index is 798. The van der Waals surface area contributed by atoms with Crippen LogP contribution in [0.5, 0.6) is 0 Å². The number of anilines is 1. The highest BCUT2D eigenvalue weighted by atomic mass is 16.5. The van der Waals surface area contributed by atoms with E-state index in [1.54, 1.807) is 22.9 Å². The third-order valence-electron chi connectivity index (χ3n) is 4.43. The highest BCUT2D eigenvalue weighted by Crippen LogP contribution is 2.12. The summed E-state index contributed by atoms with van der Waals surface area (Å²) in [5, 5.41) is 5.51. The third kappa shape index (κ3) is 4.28. The summed E-state index contributed by atoms with van der Waals surface area (Å²) in [6.45, 7) is 5.05. The average Bonchev–Trinajstić information content (AvgIpc) is 2.98. The molecule has 0 aliphatic carbocycles. The molecule has 0 bridgehead atoms. The largest absolute Gasteiger partial charge is 0.376 e. The number of pyridine rings is 1. The van der Waals surface area contributed by atoms with Crippen LogP contribution in [0.15, 0.2) is 47.4 Å². The predicted octanol–water partition coefficient (Wildman–Crippen LogP) is 2.50. The van der Waals surface area contributed by atoms with Crippen LogP contribution < -0.4 is 16.2 Å². The van der Waals surface area contributed by atoms with Crippen LogP contribution in [0, 0.1) is 6.92 Å². The van der Waals surface area contributed by atoms with Gasteiger partial charge in [0.2, 0.25) is 0 Å². The molecule has 3 rings (SSSR count). The zero-order valence-corrected chi connectivity index (χ0v) is 14.5. The van der Waals surface area contributed by atoms with Crippen molar-refractivity contribution in [2.75, 3.05) is 11.9 Å². The fourth-order valence-electron chi connectivity index (χ4n) is 2.89. The lowest BCUT2D eigenvalue weighted by Crippen LogP contribution is -2.42. The number of nitrogens with one attached hydrogen (secondary N) is 2. The van der Waals surface area contributed by atoms with Gasteiger partial charge in [0.05, 0.1) is 18.7 Å². The lowest BCUT2D eigenvalue weighted by atomic mass is 10.1. The Labute approximate surface area is 146 Å². The number of ether oxygens (including phenoxy) is 1. The number of hydrogen-bond donors (Lipinski definition) is 2. The van der Waals surface area contributed by atoms with Crippen molar-refractivity contribution in [1.82, 2.24) is 9.88 Å². The summed E-state index contributed by atoms with van der Waals surface area (Å²) in [6, 6.07) is 11.0. The number of nitrogens with zero attached hydrogens (tertiary/aromatic N) is 1. The number of rotatable bonds is 4. The van der Waals surface area contributed by atoms with Crippen molar-refractivity contribution in [3.8, 4) is 0 Å². The van der Waals surface area contributed by atoms with E-state index in [0.29, 0.717) is 13.2 Å². The molecule has 6 nitrogen and oxygen atoms in total. The summed E-state index contributed by atoms with van der Waals surface area (Å²) in [6.07, 6.45) is 2.49. The van der Waals surface area contributed by atoms with E-state index in [1.807, 2.05) is 38.1 Å². The molecular weight excluding hydrogens is 318 g/mol. The maximum atomic E-state index is 12.6. The van der Waals surface area contributed by atoms with Crippen LogP contribution in [-0.2, 0) is 11.3 Å². The van der Waals surface area contributed by atoms with Crippen LogP contribution in [0.3, 0.4) is 0 Å². The van der Waals surface area contributed by atoms with E-state index in [9.17, 15) is 9.59 Å². The highest BCUT2D eigenvalue weighted by molar-refractivity contribution is 5.89. The van der Waals surface area contributed by atoms with E-state index >= 15 is 0 Å². The van der Waals surface area contributed by atoms with Crippen molar-refractivity contribution < 1.29 is 9.53 Å². The molecule has 1 aromatic heterocycles. The monoisotopic (exact) mass is 341 g/mol. The molecule has 2 unspecified atom stereocenters. The maximum absolute atomic E-state index is 12.6. The zero-order chi connectivity index (χ0) is 17.8. The summed E-state index contributed by atoms with van der Waals surface area (Å²) in [4.78, 5) is 24.7. The van der Waals surface area contributed by atoms with E-state index in [0.717, 1.165) is 12.0 Å². The number of aryl methyl sites for hydroxylation is 1. The fraction of sp³-hybridized carbons (Fsp3) is 0.368. The number of carbonyl (C=O) groups is 1. The minimum Gasteiger partial charge on any atom is -0.376 e. The molecule has 2 amide bonds. The molecule has 0 saturated carbocycles. The Hall–Kier alpha value is -2.60. The normalized spacial score (nSPS) is 19.6. The average molecular weight is 341 g/mol. The second-order valence-electron chi connectivity index (χ2n) is 6.41. The standard InChI is InChI=1S/C19H23N3O3/c1-13-5-7-15(8-6-13)12-22-10-3-4-17(18(22)23)21-19(24)20-16-9-11-25-14(16)2/h3-8,10,14,16H,9,11-12H2,1-2H3,(H2,20,21,24). The van der Waals surface area contributed by atoms with Crippen molar-refractivity contribution >= 4 is 11.7 Å². The van der Waals surface area contributed by atoms with Gasteiger partial charge >= 0.3 is 6.03 Å². The Morgan fingerprint density at radius 2 is 2.04 bits per heavy atom. The van der Waals surface area contributed by atoms with Crippen LogP contribution in [0.25, 0.3) is 0 Å². The molecular formula is C19H23N3O3. The van der Waals surface area contributed by atoms with Crippen molar-refractivity contribution in [2.45, 2.75) is 39.0 Å². The van der Waals surface area contributed by atoms with Gasteiger partial charge in [-0.15, -0.1) is 0 Å². The second-order valence-corrected chi connectivity index (χ2v) is 6.41. The summed E-state index contributed by atoms with van der Waals surface area (Å²) in [7, 11) is 0. The van der Waals surface area contributed by atoms with Crippen LogP contribution in [0.4, 0.5) is 10.5 Å². The van der Waals surface area contributed by atoms with Gasteiger partial charge in [-0.2, -0.15) is 0 Å². The predicted molar refractivity (Wildman–Crippen MR) is 97.0 cm³/mol. The van der Waals surface area contributed by atoms with Gasteiger partial charge in [0.1, 0.15) is 5.69 Å². The number of carbonyl (C=O) groups excluding carboxylic acids is 1. The smallest absolute Gasteiger partial charge is 0.319 e. The first-order chi connectivity index (χ1) is 12.0. The van der Waals surface area contributed by atoms with Crippen LogP contribution >= 0.6 is 0 Å². The molecule has 2 aromatic rings. The fourth-order valence-corrected chi connectivity index (χ4v) is 2.89. The van der Waals surface area contributed by atoms with E-state index in [2.05, 4.69) is 10.6 Å². The third-order valence-corrected chi connectivity index (χ3v) is 4.43. The first-order valence-corrected chi connectivity index (χ1v) is 8.47. The van der Waals surface area contributed by atoms with E-state index in [4.69, 9.17) is 4.74 Å². The summed E-state index contributed by atoms with van der Waals surface area (Å²) >= 11 is 0. The van der Waals surface area contributed by atoms with Gasteiger partial charge in [0.25, 0.3) is 5.56 Å². The second kappa shape index (κ2) is 7.53. The molecule has 2 heterocycles. The van der Waals surface area contributed by atoms with Gasteiger partial charge < -0.3 is 19.9 Å². The molecule has 1 aliphatic heterocycles. The molecule has 1 aliphatic rings. The van der Waals surface area contributed by atoms with Gasteiger partial charge in [0.15, 0.2) is 0 Å². The summed E-state index contributed by atoms with van der Waals surface area (Å²) in [5.41, 5.74) is 2.24. The molecule has 6 heteroatoms. The first kappa shape index (κ1) is 17.2. The van der Waals surface area contributed by atoms with Gasteiger partial charge in [-0.1, -0.05) is 29.8 Å². The zero-order valence-electron chi connectivity index (χ0n) is 14.5. The first-order valence-electron chi connectivity index (χ1n) is 8.47. The van der Waals surface area contributed by atoms with Gasteiger partial charge in [-0.05, 0) is 38.0 Å². The molecule has 0 spiro atoms. The number of benzene rings is 1. The van der Waals surface area contributed by atoms with Crippen molar-refractivity contribution in [3.63, 3.8) is 0 Å². The summed E-state index contributed by atoms with van der Waals surface area (Å²) < 4.78 is 7.01. The minimum absolute atomic E-state index is 0.0141. The number of amides is 2. The Morgan fingerprint density at radius 1 is 1.28 bits per heavy atom. The maximum Gasteiger partial charge on any atom is 0.319 e. The van der Waals surface area contributed by atoms with E-state index in [1.165, 1.54) is 5.56 Å². The molecule has 2 atom stereocenters. The van der Waals surface area contributed by atoms with Gasteiger partial charge in [-0.25, -0.2) is 4.79 Å².